The lowest BCUT2D eigenvalue weighted by molar-refractivity contribution is -0.131. The van der Waals surface area contributed by atoms with Crippen LogP contribution in [0.15, 0.2) is 0 Å². The van der Waals surface area contributed by atoms with Crippen LogP contribution in [0, 0.1) is 5.41 Å². The zero-order valence-corrected chi connectivity index (χ0v) is 10.4. The summed E-state index contributed by atoms with van der Waals surface area (Å²) >= 11 is 0. The van der Waals surface area contributed by atoms with Gasteiger partial charge in [-0.05, 0) is 32.4 Å². The molecule has 88 valence electrons. The summed E-state index contributed by atoms with van der Waals surface area (Å²) in [5, 5.41) is 6.58. The van der Waals surface area contributed by atoms with Gasteiger partial charge in [-0.2, -0.15) is 0 Å². The topological polar surface area (TPSA) is 41.1 Å². The van der Waals surface area contributed by atoms with E-state index < -0.39 is 0 Å². The largest absolute Gasteiger partial charge is 0.350 e. The zero-order valence-electron chi connectivity index (χ0n) is 10.4. The van der Waals surface area contributed by atoms with Crippen LogP contribution in [0.4, 0.5) is 0 Å². The van der Waals surface area contributed by atoms with E-state index in [2.05, 4.69) is 17.6 Å². The van der Waals surface area contributed by atoms with E-state index in [1.165, 1.54) is 0 Å². The zero-order chi connectivity index (χ0) is 11.5. The molecule has 0 aromatic heterocycles. The Morgan fingerprint density at radius 2 is 1.87 bits per heavy atom. The maximum atomic E-state index is 12.0. The molecule has 3 nitrogen and oxygen atoms in total. The van der Waals surface area contributed by atoms with Crippen molar-refractivity contribution in [2.75, 3.05) is 13.1 Å². The molecule has 1 fully saturated rings. The highest BCUT2D eigenvalue weighted by molar-refractivity contribution is 5.82. The summed E-state index contributed by atoms with van der Waals surface area (Å²) in [5.74, 6) is 0.172. The van der Waals surface area contributed by atoms with Crippen molar-refractivity contribution in [2.24, 2.45) is 5.41 Å². The molecular formula is C12H24N2O. The van der Waals surface area contributed by atoms with Gasteiger partial charge < -0.3 is 10.6 Å². The van der Waals surface area contributed by atoms with Gasteiger partial charge >= 0.3 is 0 Å². The highest BCUT2D eigenvalue weighted by Crippen LogP contribution is 2.24. The smallest absolute Gasteiger partial charge is 0.225 e. The highest BCUT2D eigenvalue weighted by Gasteiger charge is 2.34. The Kier molecular flexibility index (Phi) is 3.77. The molecule has 0 saturated carbocycles. The lowest BCUT2D eigenvalue weighted by atomic mass is 9.84. The molecule has 15 heavy (non-hydrogen) atoms. The Morgan fingerprint density at radius 1 is 1.33 bits per heavy atom. The van der Waals surface area contributed by atoms with Gasteiger partial charge in [0.1, 0.15) is 0 Å². The Hall–Kier alpha value is -0.570. The summed E-state index contributed by atoms with van der Waals surface area (Å²) < 4.78 is 0. The van der Waals surface area contributed by atoms with Crippen molar-refractivity contribution in [1.29, 1.82) is 0 Å². The molecule has 1 aliphatic rings. The minimum Gasteiger partial charge on any atom is -0.350 e. The highest BCUT2D eigenvalue weighted by atomic mass is 16.2. The van der Waals surface area contributed by atoms with Crippen LogP contribution < -0.4 is 10.6 Å². The predicted molar refractivity (Wildman–Crippen MR) is 62.7 cm³/mol. The minimum atomic E-state index is -0.285. The third-order valence-corrected chi connectivity index (χ3v) is 3.30. The van der Waals surface area contributed by atoms with E-state index in [4.69, 9.17) is 0 Å². The SMILES string of the molecule is CCC1(NC(=O)C(C)(C)C)CCNCC1. The molecule has 0 aromatic carbocycles. The van der Waals surface area contributed by atoms with Crippen LogP contribution in [-0.4, -0.2) is 24.5 Å². The standard InChI is InChI=1S/C12H24N2O/c1-5-12(6-8-13-9-7-12)14-10(15)11(2,3)4/h13H,5-9H2,1-4H3,(H,14,15). The predicted octanol–water partition coefficient (Wildman–Crippen LogP) is 1.68. The van der Waals surface area contributed by atoms with Crippen molar-refractivity contribution in [3.8, 4) is 0 Å². The summed E-state index contributed by atoms with van der Waals surface area (Å²) in [5.41, 5.74) is -0.247. The molecule has 0 aromatic rings. The van der Waals surface area contributed by atoms with Gasteiger partial charge in [-0.15, -0.1) is 0 Å². The molecular weight excluding hydrogens is 188 g/mol. The average molecular weight is 212 g/mol. The van der Waals surface area contributed by atoms with Crippen molar-refractivity contribution in [3.05, 3.63) is 0 Å². The van der Waals surface area contributed by atoms with Crippen molar-refractivity contribution in [2.45, 2.75) is 52.5 Å². The summed E-state index contributed by atoms with van der Waals surface area (Å²) in [6.07, 6.45) is 3.12. The second-order valence-electron chi connectivity index (χ2n) is 5.59. The maximum absolute atomic E-state index is 12.0. The Balaban J connectivity index is 2.63. The van der Waals surface area contributed by atoms with E-state index in [0.717, 1.165) is 32.4 Å². The fraction of sp³-hybridized carbons (Fsp3) is 0.917. The molecule has 0 radical (unpaired) electrons. The first kappa shape index (κ1) is 12.5. The van der Waals surface area contributed by atoms with Gasteiger partial charge in [-0.1, -0.05) is 27.7 Å². The minimum absolute atomic E-state index is 0.0373. The molecule has 0 aliphatic carbocycles. The van der Waals surface area contributed by atoms with Crippen LogP contribution in [0.5, 0.6) is 0 Å². The molecule has 0 atom stereocenters. The lowest BCUT2D eigenvalue weighted by Crippen LogP contribution is -2.56. The van der Waals surface area contributed by atoms with E-state index in [1.807, 2.05) is 20.8 Å². The molecule has 1 saturated heterocycles. The quantitative estimate of drug-likeness (QED) is 0.731. The monoisotopic (exact) mass is 212 g/mol. The normalized spacial score (nSPS) is 21.1. The molecule has 0 spiro atoms. The molecule has 1 aliphatic heterocycles. The van der Waals surface area contributed by atoms with E-state index in [-0.39, 0.29) is 16.9 Å². The number of nitrogens with one attached hydrogen (secondary N) is 2. The van der Waals surface area contributed by atoms with Gasteiger partial charge in [0.05, 0.1) is 0 Å². The number of amides is 1. The van der Waals surface area contributed by atoms with Crippen molar-refractivity contribution < 1.29 is 4.79 Å². The molecule has 1 rings (SSSR count). The molecule has 2 N–H and O–H groups in total. The Morgan fingerprint density at radius 3 is 2.27 bits per heavy atom. The summed E-state index contributed by atoms with van der Waals surface area (Å²) in [7, 11) is 0. The fourth-order valence-electron chi connectivity index (χ4n) is 1.90. The first-order valence-electron chi connectivity index (χ1n) is 5.93. The summed E-state index contributed by atoms with van der Waals surface area (Å²) in [4.78, 5) is 12.0. The third-order valence-electron chi connectivity index (χ3n) is 3.30. The number of carbonyl (C=O) groups is 1. The fourth-order valence-corrected chi connectivity index (χ4v) is 1.90. The van der Waals surface area contributed by atoms with Gasteiger partial charge in [-0.3, -0.25) is 4.79 Å². The molecule has 1 heterocycles. The van der Waals surface area contributed by atoms with E-state index in [0.29, 0.717) is 0 Å². The van der Waals surface area contributed by atoms with Crippen LogP contribution in [0.1, 0.15) is 47.0 Å². The number of carbonyl (C=O) groups excluding carboxylic acids is 1. The third kappa shape index (κ3) is 3.20. The van der Waals surface area contributed by atoms with Gasteiger partial charge in [-0.25, -0.2) is 0 Å². The van der Waals surface area contributed by atoms with Gasteiger partial charge in [0.2, 0.25) is 5.91 Å². The number of hydrogen-bond donors (Lipinski definition) is 2. The van der Waals surface area contributed by atoms with Crippen LogP contribution >= 0.6 is 0 Å². The molecule has 3 heteroatoms. The molecule has 0 bridgehead atoms. The maximum Gasteiger partial charge on any atom is 0.225 e. The van der Waals surface area contributed by atoms with Crippen molar-refractivity contribution in [1.82, 2.24) is 10.6 Å². The van der Waals surface area contributed by atoms with Crippen LogP contribution in [0.3, 0.4) is 0 Å². The van der Waals surface area contributed by atoms with Gasteiger partial charge in [0.25, 0.3) is 0 Å². The molecule has 1 amide bonds. The summed E-state index contributed by atoms with van der Waals surface area (Å²) in [6.45, 7) is 10.1. The number of piperidine rings is 1. The Bertz CT molecular complexity index is 224. The van der Waals surface area contributed by atoms with E-state index >= 15 is 0 Å². The average Bonchev–Trinajstić information content (AvgIpc) is 2.18. The first-order chi connectivity index (χ1) is 6.90. The number of hydrogen-bond acceptors (Lipinski definition) is 2. The van der Waals surface area contributed by atoms with Crippen LogP contribution in [-0.2, 0) is 4.79 Å². The van der Waals surface area contributed by atoms with Gasteiger partial charge in [0.15, 0.2) is 0 Å². The van der Waals surface area contributed by atoms with E-state index in [1.54, 1.807) is 0 Å². The first-order valence-corrected chi connectivity index (χ1v) is 5.93. The summed E-state index contributed by atoms with van der Waals surface area (Å²) in [6, 6.07) is 0. The second kappa shape index (κ2) is 4.52. The van der Waals surface area contributed by atoms with Crippen LogP contribution in [0.2, 0.25) is 0 Å². The Labute approximate surface area is 93.0 Å². The second-order valence-corrected chi connectivity index (χ2v) is 5.59. The lowest BCUT2D eigenvalue weighted by Gasteiger charge is -2.39. The van der Waals surface area contributed by atoms with E-state index in [9.17, 15) is 4.79 Å². The van der Waals surface area contributed by atoms with Gasteiger partial charge in [0, 0.05) is 11.0 Å². The number of rotatable bonds is 2. The molecule has 0 unspecified atom stereocenters. The van der Waals surface area contributed by atoms with Crippen molar-refractivity contribution in [3.63, 3.8) is 0 Å². The van der Waals surface area contributed by atoms with Crippen molar-refractivity contribution >= 4 is 5.91 Å². The van der Waals surface area contributed by atoms with Crippen LogP contribution in [0.25, 0.3) is 0 Å².